The van der Waals surface area contributed by atoms with Gasteiger partial charge in [0, 0.05) is 23.3 Å². The molecule has 0 bridgehead atoms. The monoisotopic (exact) mass is 310 g/mol. The smallest absolute Gasteiger partial charge is 0.167 e. The minimum absolute atomic E-state index is 0.698. The predicted octanol–water partition coefficient (Wildman–Crippen LogP) is 2.61. The highest BCUT2D eigenvalue weighted by molar-refractivity contribution is 9.10. The van der Waals surface area contributed by atoms with Crippen LogP contribution in [0.3, 0.4) is 0 Å². The van der Waals surface area contributed by atoms with Crippen LogP contribution in [0.5, 0.6) is 0 Å². The van der Waals surface area contributed by atoms with Gasteiger partial charge >= 0.3 is 0 Å². The Balaban J connectivity index is 1.77. The summed E-state index contributed by atoms with van der Waals surface area (Å²) in [5.74, 6) is 0. The first-order valence-electron chi connectivity index (χ1n) is 5.49. The van der Waals surface area contributed by atoms with E-state index >= 15 is 0 Å². The third-order valence-electron chi connectivity index (χ3n) is 2.55. The second kappa shape index (κ2) is 4.80. The van der Waals surface area contributed by atoms with Gasteiger partial charge < -0.3 is 5.32 Å². The Morgan fingerprint density at radius 3 is 3.06 bits per heavy atom. The number of hydrogen-bond acceptors (Lipinski definition) is 5. The molecule has 0 saturated heterocycles. The Kier molecular flexibility index (Phi) is 3.17. The Labute approximate surface area is 112 Å². The van der Waals surface area contributed by atoms with Crippen molar-refractivity contribution < 1.29 is 0 Å². The fraction of sp³-hybridized carbons (Fsp3) is 0.364. The van der Waals surface area contributed by atoms with E-state index in [9.17, 15) is 0 Å². The van der Waals surface area contributed by atoms with E-state index in [0.29, 0.717) is 6.04 Å². The standard InChI is InChI=1S/C11H11BrN4S/c12-8-2-1-5-13-10(8)11-16-15-9(17-11)6-14-7-3-4-7/h1-2,5,7,14H,3-4,6H2. The molecular formula is C11H11BrN4S. The molecule has 3 rings (SSSR count). The zero-order valence-electron chi connectivity index (χ0n) is 9.06. The highest BCUT2D eigenvalue weighted by Crippen LogP contribution is 2.28. The van der Waals surface area contributed by atoms with Crippen LogP contribution in [0.4, 0.5) is 0 Å². The van der Waals surface area contributed by atoms with Crippen LogP contribution >= 0.6 is 27.3 Å². The molecule has 1 fully saturated rings. The normalized spacial score (nSPS) is 15.1. The fourth-order valence-electron chi connectivity index (χ4n) is 1.48. The van der Waals surface area contributed by atoms with E-state index in [1.807, 2.05) is 12.1 Å². The Hall–Kier alpha value is -0.850. The van der Waals surface area contributed by atoms with E-state index in [2.05, 4.69) is 36.4 Å². The molecule has 2 aromatic rings. The molecule has 0 unspecified atom stereocenters. The molecule has 2 heterocycles. The van der Waals surface area contributed by atoms with Crippen LogP contribution in [-0.4, -0.2) is 21.2 Å². The summed E-state index contributed by atoms with van der Waals surface area (Å²) in [7, 11) is 0. The fourth-order valence-corrected chi connectivity index (χ4v) is 2.86. The van der Waals surface area contributed by atoms with Crippen molar-refractivity contribution in [1.82, 2.24) is 20.5 Å². The zero-order chi connectivity index (χ0) is 11.7. The van der Waals surface area contributed by atoms with Gasteiger partial charge in [0.05, 0.1) is 0 Å². The lowest BCUT2D eigenvalue weighted by atomic mass is 10.4. The summed E-state index contributed by atoms with van der Waals surface area (Å²) >= 11 is 5.07. The largest absolute Gasteiger partial charge is 0.308 e. The molecule has 0 amide bonds. The molecule has 1 aliphatic rings. The zero-order valence-corrected chi connectivity index (χ0v) is 11.5. The average Bonchev–Trinajstić information content (AvgIpc) is 3.06. The van der Waals surface area contributed by atoms with Crippen LogP contribution in [0.15, 0.2) is 22.8 Å². The van der Waals surface area contributed by atoms with Crippen molar-refractivity contribution in [2.45, 2.75) is 25.4 Å². The molecule has 0 atom stereocenters. The maximum atomic E-state index is 4.31. The van der Waals surface area contributed by atoms with Gasteiger partial charge in [-0.2, -0.15) is 0 Å². The molecule has 17 heavy (non-hydrogen) atoms. The van der Waals surface area contributed by atoms with Crippen molar-refractivity contribution in [1.29, 1.82) is 0 Å². The van der Waals surface area contributed by atoms with Crippen LogP contribution in [0.25, 0.3) is 10.7 Å². The van der Waals surface area contributed by atoms with E-state index in [-0.39, 0.29) is 0 Å². The van der Waals surface area contributed by atoms with Crippen molar-refractivity contribution in [3.8, 4) is 10.7 Å². The van der Waals surface area contributed by atoms with Crippen molar-refractivity contribution in [2.75, 3.05) is 0 Å². The number of halogens is 1. The van der Waals surface area contributed by atoms with E-state index in [1.54, 1.807) is 17.5 Å². The second-order valence-electron chi connectivity index (χ2n) is 3.99. The van der Waals surface area contributed by atoms with Gasteiger partial charge in [-0.1, -0.05) is 11.3 Å². The number of aromatic nitrogens is 3. The maximum Gasteiger partial charge on any atom is 0.167 e. The highest BCUT2D eigenvalue weighted by atomic mass is 79.9. The average molecular weight is 311 g/mol. The molecule has 2 aromatic heterocycles. The Morgan fingerprint density at radius 2 is 2.29 bits per heavy atom. The maximum absolute atomic E-state index is 4.31. The molecule has 0 aromatic carbocycles. The Morgan fingerprint density at radius 1 is 1.41 bits per heavy atom. The van der Waals surface area contributed by atoms with Gasteiger partial charge in [0.2, 0.25) is 0 Å². The molecule has 1 aliphatic carbocycles. The van der Waals surface area contributed by atoms with Crippen LogP contribution in [-0.2, 0) is 6.54 Å². The molecule has 88 valence electrons. The summed E-state index contributed by atoms with van der Waals surface area (Å²) in [6.45, 7) is 0.812. The van der Waals surface area contributed by atoms with Gasteiger partial charge in [-0.05, 0) is 40.9 Å². The van der Waals surface area contributed by atoms with Crippen molar-refractivity contribution in [3.05, 3.63) is 27.8 Å². The quantitative estimate of drug-likeness (QED) is 0.943. The van der Waals surface area contributed by atoms with Crippen LogP contribution in [0.2, 0.25) is 0 Å². The third-order valence-corrected chi connectivity index (χ3v) is 4.12. The van der Waals surface area contributed by atoms with Gasteiger partial charge in [-0.25, -0.2) is 0 Å². The van der Waals surface area contributed by atoms with Gasteiger partial charge in [0.1, 0.15) is 10.7 Å². The molecule has 6 heteroatoms. The molecular weight excluding hydrogens is 300 g/mol. The molecule has 1 saturated carbocycles. The van der Waals surface area contributed by atoms with Gasteiger partial charge in [0.15, 0.2) is 5.01 Å². The number of pyridine rings is 1. The summed E-state index contributed by atoms with van der Waals surface area (Å²) in [6.07, 6.45) is 4.35. The lowest BCUT2D eigenvalue weighted by Gasteiger charge is -1.97. The first-order chi connectivity index (χ1) is 8.33. The Bertz CT molecular complexity index is 524. The number of rotatable bonds is 4. The lowest BCUT2D eigenvalue weighted by Crippen LogP contribution is -2.14. The molecule has 0 spiro atoms. The van der Waals surface area contributed by atoms with Crippen LogP contribution < -0.4 is 5.32 Å². The third kappa shape index (κ3) is 2.70. The molecule has 1 N–H and O–H groups in total. The van der Waals surface area contributed by atoms with E-state index in [1.165, 1.54) is 12.8 Å². The summed E-state index contributed by atoms with van der Waals surface area (Å²) < 4.78 is 0.956. The molecule has 0 aliphatic heterocycles. The minimum atomic E-state index is 0.698. The van der Waals surface area contributed by atoms with Gasteiger partial charge in [0.25, 0.3) is 0 Å². The van der Waals surface area contributed by atoms with Crippen LogP contribution in [0, 0.1) is 0 Å². The van der Waals surface area contributed by atoms with Crippen molar-refractivity contribution in [2.24, 2.45) is 0 Å². The molecule has 4 nitrogen and oxygen atoms in total. The van der Waals surface area contributed by atoms with Gasteiger partial charge in [-0.3, -0.25) is 4.98 Å². The lowest BCUT2D eigenvalue weighted by molar-refractivity contribution is 0.679. The SMILES string of the molecule is Brc1cccnc1-c1nnc(CNC2CC2)s1. The number of nitrogens with one attached hydrogen (secondary N) is 1. The summed E-state index contributed by atoms with van der Waals surface area (Å²) in [6, 6.07) is 4.56. The first-order valence-corrected chi connectivity index (χ1v) is 7.10. The van der Waals surface area contributed by atoms with Crippen molar-refractivity contribution in [3.63, 3.8) is 0 Å². The van der Waals surface area contributed by atoms with Crippen molar-refractivity contribution >= 4 is 27.3 Å². The second-order valence-corrected chi connectivity index (χ2v) is 5.91. The highest BCUT2D eigenvalue weighted by Gasteiger charge is 2.21. The van der Waals surface area contributed by atoms with E-state index < -0.39 is 0 Å². The number of nitrogens with zero attached hydrogens (tertiary/aromatic N) is 3. The van der Waals surface area contributed by atoms with E-state index in [4.69, 9.17) is 0 Å². The first kappa shape index (κ1) is 11.3. The summed E-state index contributed by atoms with van der Waals surface area (Å²) in [5, 5.41) is 13.7. The van der Waals surface area contributed by atoms with Crippen LogP contribution in [0.1, 0.15) is 17.8 Å². The predicted molar refractivity (Wildman–Crippen MR) is 70.7 cm³/mol. The van der Waals surface area contributed by atoms with Gasteiger partial charge in [-0.15, -0.1) is 10.2 Å². The summed E-state index contributed by atoms with van der Waals surface area (Å²) in [5.41, 5.74) is 0.864. The minimum Gasteiger partial charge on any atom is -0.308 e. The molecule has 0 radical (unpaired) electrons. The topological polar surface area (TPSA) is 50.7 Å². The summed E-state index contributed by atoms with van der Waals surface area (Å²) in [4.78, 5) is 4.31. The van der Waals surface area contributed by atoms with E-state index in [0.717, 1.165) is 26.7 Å². The number of hydrogen-bond donors (Lipinski definition) is 1.